The number of hydrogen-bond acceptors (Lipinski definition) is 7. The zero-order valence-corrected chi connectivity index (χ0v) is 18.7. The number of aromatic nitrogens is 3. The fraction of sp³-hybridized carbons (Fsp3) is 0.136. The van der Waals surface area contributed by atoms with Crippen LogP contribution in [-0.2, 0) is 16.2 Å². The molecule has 0 bridgehead atoms. The Balaban J connectivity index is 1.54. The van der Waals surface area contributed by atoms with E-state index in [1.165, 1.54) is 48.5 Å². The van der Waals surface area contributed by atoms with E-state index < -0.39 is 21.8 Å². The third-order valence-electron chi connectivity index (χ3n) is 5.00. The first-order valence-electron chi connectivity index (χ1n) is 9.86. The number of nitrogens with one attached hydrogen (secondary N) is 2. The van der Waals surface area contributed by atoms with Crippen LogP contribution >= 0.6 is 0 Å². The second-order valence-corrected chi connectivity index (χ2v) is 8.99. The number of rotatable bonds is 6. The molecule has 12 heteroatoms. The lowest BCUT2D eigenvalue weighted by atomic mass is 10.0. The molecule has 0 aliphatic carbocycles. The number of nitrogens with zero attached hydrogens (tertiary/aromatic N) is 3. The minimum Gasteiger partial charge on any atom is -0.340 e. The molecule has 0 aliphatic rings. The van der Waals surface area contributed by atoms with Crippen LogP contribution in [0.5, 0.6) is 0 Å². The molecule has 0 saturated heterocycles. The molecule has 176 valence electrons. The SMILES string of the molecule is Cc1noc(NS(=O)(=O)c2ccc(Nc3cc(-c4ccccc4C(F)(F)F)ncn3)cc2)c1C. The monoisotopic (exact) mass is 489 g/mol. The molecule has 8 nitrogen and oxygen atoms in total. The maximum absolute atomic E-state index is 13.4. The molecule has 0 radical (unpaired) electrons. The number of anilines is 3. The first-order valence-corrected chi connectivity index (χ1v) is 11.3. The molecule has 0 atom stereocenters. The quantitative estimate of drug-likeness (QED) is 0.378. The topological polar surface area (TPSA) is 110 Å². The van der Waals surface area contributed by atoms with E-state index >= 15 is 0 Å². The van der Waals surface area contributed by atoms with Gasteiger partial charge in [-0.05, 0) is 44.2 Å². The van der Waals surface area contributed by atoms with E-state index in [4.69, 9.17) is 4.52 Å². The fourth-order valence-electron chi connectivity index (χ4n) is 3.08. The summed E-state index contributed by atoms with van der Waals surface area (Å²) >= 11 is 0. The van der Waals surface area contributed by atoms with Gasteiger partial charge in [-0.3, -0.25) is 0 Å². The highest BCUT2D eigenvalue weighted by Crippen LogP contribution is 2.36. The van der Waals surface area contributed by atoms with Crippen molar-refractivity contribution < 1.29 is 26.1 Å². The Bertz CT molecular complexity index is 1430. The molecule has 4 rings (SSSR count). The van der Waals surface area contributed by atoms with Gasteiger partial charge in [-0.1, -0.05) is 23.4 Å². The maximum Gasteiger partial charge on any atom is 0.417 e. The zero-order chi connectivity index (χ0) is 24.5. The van der Waals surface area contributed by atoms with Crippen LogP contribution in [0.1, 0.15) is 16.8 Å². The molecular formula is C22H18F3N5O3S. The summed E-state index contributed by atoms with van der Waals surface area (Å²) in [5, 5.41) is 6.65. The normalized spacial score (nSPS) is 11.9. The average Bonchev–Trinajstić information content (AvgIpc) is 3.11. The van der Waals surface area contributed by atoms with Crippen molar-refractivity contribution in [2.75, 3.05) is 10.0 Å². The van der Waals surface area contributed by atoms with Crippen LogP contribution in [0.25, 0.3) is 11.3 Å². The molecule has 2 aromatic heterocycles. The van der Waals surface area contributed by atoms with Crippen molar-refractivity contribution in [2.24, 2.45) is 0 Å². The van der Waals surface area contributed by atoms with Crippen molar-refractivity contribution in [3.8, 4) is 11.3 Å². The molecule has 2 aromatic carbocycles. The average molecular weight is 489 g/mol. The summed E-state index contributed by atoms with van der Waals surface area (Å²) in [6, 6.07) is 12.2. The third kappa shape index (κ3) is 4.86. The van der Waals surface area contributed by atoms with Crippen LogP contribution in [0.4, 0.5) is 30.6 Å². The molecule has 0 fully saturated rings. The van der Waals surface area contributed by atoms with Crippen molar-refractivity contribution in [3.05, 3.63) is 77.7 Å². The second-order valence-electron chi connectivity index (χ2n) is 7.31. The minimum atomic E-state index is -4.53. The Hall–Kier alpha value is -3.93. The van der Waals surface area contributed by atoms with Crippen LogP contribution in [0.15, 0.2) is 70.3 Å². The molecule has 4 aromatic rings. The summed E-state index contributed by atoms with van der Waals surface area (Å²) < 4.78 is 72.6. The van der Waals surface area contributed by atoms with Crippen LogP contribution in [0.2, 0.25) is 0 Å². The number of alkyl halides is 3. The van der Waals surface area contributed by atoms with Gasteiger partial charge in [0.15, 0.2) is 0 Å². The predicted octanol–water partition coefficient (Wildman–Crippen LogP) is 5.31. The Morgan fingerprint density at radius 2 is 1.68 bits per heavy atom. The molecule has 0 amide bonds. The number of halogens is 3. The fourth-order valence-corrected chi connectivity index (χ4v) is 4.13. The number of hydrogen-bond donors (Lipinski definition) is 2. The van der Waals surface area contributed by atoms with Gasteiger partial charge in [0.05, 0.1) is 21.8 Å². The van der Waals surface area contributed by atoms with Gasteiger partial charge in [-0.25, -0.2) is 23.1 Å². The van der Waals surface area contributed by atoms with Gasteiger partial charge in [-0.2, -0.15) is 13.2 Å². The standard InChI is InChI=1S/C22H18F3N5O3S/c1-13-14(2)29-33-21(13)30-34(31,32)16-9-7-15(8-10-16)28-20-11-19(26-12-27-20)17-5-3-4-6-18(17)22(23,24)25/h3-12,30H,1-2H3,(H,26,27,28). The summed E-state index contributed by atoms with van der Waals surface area (Å²) in [7, 11) is -3.92. The lowest BCUT2D eigenvalue weighted by Crippen LogP contribution is -2.13. The first-order chi connectivity index (χ1) is 16.0. The Labute approximate surface area is 192 Å². The van der Waals surface area contributed by atoms with Gasteiger partial charge >= 0.3 is 6.18 Å². The highest BCUT2D eigenvalue weighted by atomic mass is 32.2. The van der Waals surface area contributed by atoms with Crippen LogP contribution in [0.3, 0.4) is 0 Å². The number of aryl methyl sites for hydroxylation is 1. The van der Waals surface area contributed by atoms with E-state index in [1.54, 1.807) is 13.8 Å². The Morgan fingerprint density at radius 1 is 0.971 bits per heavy atom. The molecule has 0 spiro atoms. The van der Waals surface area contributed by atoms with Crippen molar-refractivity contribution in [1.82, 2.24) is 15.1 Å². The van der Waals surface area contributed by atoms with E-state index in [2.05, 4.69) is 25.2 Å². The Morgan fingerprint density at radius 3 is 2.32 bits per heavy atom. The van der Waals surface area contributed by atoms with E-state index in [0.29, 0.717) is 16.9 Å². The van der Waals surface area contributed by atoms with Gasteiger partial charge < -0.3 is 9.84 Å². The number of benzene rings is 2. The van der Waals surface area contributed by atoms with Gasteiger partial charge in [-0.15, -0.1) is 0 Å². The summed E-state index contributed by atoms with van der Waals surface area (Å²) in [5.41, 5.74) is 0.823. The molecule has 0 saturated carbocycles. The van der Waals surface area contributed by atoms with E-state index in [-0.39, 0.29) is 27.9 Å². The second kappa shape index (κ2) is 8.78. The summed E-state index contributed by atoms with van der Waals surface area (Å²) in [4.78, 5) is 7.99. The Kier molecular flexibility index (Phi) is 6.00. The van der Waals surface area contributed by atoms with Crippen molar-refractivity contribution in [2.45, 2.75) is 24.9 Å². The highest BCUT2D eigenvalue weighted by Gasteiger charge is 2.33. The first kappa shape index (κ1) is 23.2. The summed E-state index contributed by atoms with van der Waals surface area (Å²) in [6.45, 7) is 3.37. The van der Waals surface area contributed by atoms with Gasteiger partial charge in [0.1, 0.15) is 12.1 Å². The van der Waals surface area contributed by atoms with Crippen LogP contribution in [-0.4, -0.2) is 23.5 Å². The maximum atomic E-state index is 13.4. The third-order valence-corrected chi connectivity index (χ3v) is 6.34. The minimum absolute atomic E-state index is 0.0195. The van der Waals surface area contributed by atoms with E-state index in [9.17, 15) is 21.6 Å². The largest absolute Gasteiger partial charge is 0.417 e. The summed E-state index contributed by atoms with van der Waals surface area (Å²) in [6.07, 6.45) is -3.39. The van der Waals surface area contributed by atoms with Crippen molar-refractivity contribution in [3.63, 3.8) is 0 Å². The molecule has 2 heterocycles. The van der Waals surface area contributed by atoms with Gasteiger partial charge in [0.2, 0.25) is 5.88 Å². The van der Waals surface area contributed by atoms with Crippen molar-refractivity contribution >= 4 is 27.4 Å². The summed E-state index contributed by atoms with van der Waals surface area (Å²) in [5.74, 6) is 0.274. The molecule has 0 unspecified atom stereocenters. The lowest BCUT2D eigenvalue weighted by molar-refractivity contribution is -0.137. The van der Waals surface area contributed by atoms with E-state index in [1.807, 2.05) is 0 Å². The van der Waals surface area contributed by atoms with Gasteiger partial charge in [0.25, 0.3) is 10.0 Å². The highest BCUT2D eigenvalue weighted by molar-refractivity contribution is 7.92. The lowest BCUT2D eigenvalue weighted by Gasteiger charge is -2.13. The van der Waals surface area contributed by atoms with Crippen molar-refractivity contribution in [1.29, 1.82) is 0 Å². The van der Waals surface area contributed by atoms with Crippen LogP contribution in [0, 0.1) is 13.8 Å². The smallest absolute Gasteiger partial charge is 0.340 e. The van der Waals surface area contributed by atoms with Crippen LogP contribution < -0.4 is 10.0 Å². The molecule has 0 aliphatic heterocycles. The molecule has 2 N–H and O–H groups in total. The molecular weight excluding hydrogens is 471 g/mol. The zero-order valence-electron chi connectivity index (χ0n) is 17.9. The van der Waals surface area contributed by atoms with Gasteiger partial charge in [0, 0.05) is 22.9 Å². The number of sulfonamides is 1. The predicted molar refractivity (Wildman–Crippen MR) is 119 cm³/mol. The van der Waals surface area contributed by atoms with E-state index in [0.717, 1.165) is 12.4 Å². The molecule has 34 heavy (non-hydrogen) atoms.